The molecule has 1 aliphatic carbocycles. The highest BCUT2D eigenvalue weighted by Crippen LogP contribution is 2.41. The molecule has 2 rings (SSSR count). The summed E-state index contributed by atoms with van der Waals surface area (Å²) in [5.41, 5.74) is 0.196. The maximum atomic E-state index is 11.9. The summed E-state index contributed by atoms with van der Waals surface area (Å²) in [6, 6.07) is 0.129. The normalized spacial score (nSPS) is 22.9. The zero-order valence-corrected chi connectivity index (χ0v) is 12.5. The van der Waals surface area contributed by atoms with E-state index in [0.29, 0.717) is 0 Å². The van der Waals surface area contributed by atoms with Crippen LogP contribution in [-0.2, 0) is 4.74 Å². The van der Waals surface area contributed by atoms with Gasteiger partial charge < -0.3 is 15.4 Å². The fourth-order valence-electron chi connectivity index (χ4n) is 2.80. The minimum absolute atomic E-state index is 0.0572. The molecule has 2 amide bonds. The predicted molar refractivity (Wildman–Crippen MR) is 79.8 cm³/mol. The number of hydrogen-bond acceptors (Lipinski definition) is 3. The molecular formula is C15H27N3O2. The van der Waals surface area contributed by atoms with Gasteiger partial charge in [-0.25, -0.2) is 4.79 Å². The van der Waals surface area contributed by atoms with E-state index in [2.05, 4.69) is 29.0 Å². The molecule has 0 bridgehead atoms. The summed E-state index contributed by atoms with van der Waals surface area (Å²) < 4.78 is 5.39. The number of ether oxygens (including phenoxy) is 1. The van der Waals surface area contributed by atoms with E-state index < -0.39 is 0 Å². The second kappa shape index (κ2) is 7.09. The quantitative estimate of drug-likeness (QED) is 0.695. The lowest BCUT2D eigenvalue weighted by atomic mass is 10.1. The lowest BCUT2D eigenvalue weighted by molar-refractivity contribution is 0.0102. The molecule has 1 heterocycles. The number of carbonyl (C=O) groups is 1. The van der Waals surface area contributed by atoms with E-state index in [9.17, 15) is 4.79 Å². The first kappa shape index (κ1) is 15.3. The van der Waals surface area contributed by atoms with Gasteiger partial charge in [0.05, 0.1) is 13.2 Å². The van der Waals surface area contributed by atoms with Gasteiger partial charge in [0.2, 0.25) is 0 Å². The van der Waals surface area contributed by atoms with E-state index in [4.69, 9.17) is 4.74 Å². The SMILES string of the molecule is C=CC[C@H](CC)NC(=O)NCC1(N2CCOCC2)CC1. The maximum absolute atomic E-state index is 11.9. The van der Waals surface area contributed by atoms with Gasteiger partial charge >= 0.3 is 6.03 Å². The Kier molecular flexibility index (Phi) is 5.43. The molecule has 1 saturated heterocycles. The topological polar surface area (TPSA) is 53.6 Å². The molecule has 1 atom stereocenters. The van der Waals surface area contributed by atoms with Gasteiger partial charge in [-0.05, 0) is 25.7 Å². The monoisotopic (exact) mass is 281 g/mol. The van der Waals surface area contributed by atoms with Crippen LogP contribution in [0, 0.1) is 0 Å². The number of morpholine rings is 1. The zero-order chi connectivity index (χ0) is 14.4. The molecule has 0 spiro atoms. The minimum Gasteiger partial charge on any atom is -0.379 e. The van der Waals surface area contributed by atoms with Crippen LogP contribution in [0.4, 0.5) is 4.79 Å². The van der Waals surface area contributed by atoms with Crippen LogP contribution >= 0.6 is 0 Å². The van der Waals surface area contributed by atoms with Crippen LogP contribution < -0.4 is 10.6 Å². The third kappa shape index (κ3) is 3.96. The molecule has 2 aliphatic rings. The van der Waals surface area contributed by atoms with Gasteiger partial charge in [-0.2, -0.15) is 0 Å². The zero-order valence-electron chi connectivity index (χ0n) is 12.5. The molecule has 0 aromatic heterocycles. The Balaban J connectivity index is 1.73. The molecule has 20 heavy (non-hydrogen) atoms. The van der Waals surface area contributed by atoms with Crippen molar-refractivity contribution in [2.24, 2.45) is 0 Å². The molecular weight excluding hydrogens is 254 g/mol. The van der Waals surface area contributed by atoms with Crippen molar-refractivity contribution in [2.75, 3.05) is 32.8 Å². The van der Waals surface area contributed by atoms with Gasteiger partial charge in [-0.1, -0.05) is 13.0 Å². The van der Waals surface area contributed by atoms with E-state index >= 15 is 0 Å². The lowest BCUT2D eigenvalue weighted by Crippen LogP contribution is -2.52. The smallest absolute Gasteiger partial charge is 0.315 e. The Bertz CT molecular complexity index is 336. The van der Waals surface area contributed by atoms with Crippen LogP contribution in [0.25, 0.3) is 0 Å². The average molecular weight is 281 g/mol. The van der Waals surface area contributed by atoms with Crippen molar-refractivity contribution in [1.82, 2.24) is 15.5 Å². The van der Waals surface area contributed by atoms with Gasteiger partial charge in [-0.3, -0.25) is 4.90 Å². The van der Waals surface area contributed by atoms with E-state index in [1.54, 1.807) is 0 Å². The van der Waals surface area contributed by atoms with Crippen molar-refractivity contribution in [3.63, 3.8) is 0 Å². The third-order valence-electron chi connectivity index (χ3n) is 4.37. The number of hydrogen-bond donors (Lipinski definition) is 2. The van der Waals surface area contributed by atoms with Crippen molar-refractivity contribution >= 4 is 6.03 Å². The van der Waals surface area contributed by atoms with Gasteiger partial charge in [0.25, 0.3) is 0 Å². The number of nitrogens with one attached hydrogen (secondary N) is 2. The van der Waals surface area contributed by atoms with Crippen molar-refractivity contribution in [2.45, 2.75) is 44.2 Å². The molecule has 114 valence electrons. The summed E-state index contributed by atoms with van der Waals surface area (Å²) in [7, 11) is 0. The van der Waals surface area contributed by atoms with E-state index in [-0.39, 0.29) is 17.6 Å². The molecule has 1 aliphatic heterocycles. The Morgan fingerprint density at radius 1 is 1.45 bits per heavy atom. The Morgan fingerprint density at radius 3 is 2.70 bits per heavy atom. The second-order valence-electron chi connectivity index (χ2n) is 5.78. The maximum Gasteiger partial charge on any atom is 0.315 e. The molecule has 2 fully saturated rings. The first-order valence-corrected chi connectivity index (χ1v) is 7.68. The Morgan fingerprint density at radius 2 is 2.15 bits per heavy atom. The van der Waals surface area contributed by atoms with Gasteiger partial charge in [0.15, 0.2) is 0 Å². The number of nitrogens with zero attached hydrogens (tertiary/aromatic N) is 1. The van der Waals surface area contributed by atoms with Gasteiger partial charge in [-0.15, -0.1) is 6.58 Å². The third-order valence-corrected chi connectivity index (χ3v) is 4.37. The largest absolute Gasteiger partial charge is 0.379 e. The van der Waals surface area contributed by atoms with Crippen molar-refractivity contribution in [1.29, 1.82) is 0 Å². The Hall–Kier alpha value is -1.07. The average Bonchev–Trinajstić information content (AvgIpc) is 3.27. The molecule has 2 N–H and O–H groups in total. The lowest BCUT2D eigenvalue weighted by Gasteiger charge is -2.35. The summed E-state index contributed by atoms with van der Waals surface area (Å²) in [6.45, 7) is 10.1. The summed E-state index contributed by atoms with van der Waals surface area (Å²) in [4.78, 5) is 14.4. The molecule has 0 aromatic rings. The number of amides is 2. The molecule has 5 heteroatoms. The molecule has 0 radical (unpaired) electrons. The summed E-state index contributed by atoms with van der Waals surface area (Å²) >= 11 is 0. The van der Waals surface area contributed by atoms with Gasteiger partial charge in [0, 0.05) is 31.2 Å². The first-order chi connectivity index (χ1) is 9.70. The Labute approximate surface area is 121 Å². The van der Waals surface area contributed by atoms with Crippen LogP contribution in [0.3, 0.4) is 0 Å². The number of urea groups is 1. The van der Waals surface area contributed by atoms with Gasteiger partial charge in [0.1, 0.15) is 0 Å². The molecule has 0 aromatic carbocycles. The molecule has 5 nitrogen and oxygen atoms in total. The van der Waals surface area contributed by atoms with Crippen LogP contribution in [0.15, 0.2) is 12.7 Å². The number of carbonyl (C=O) groups excluding carboxylic acids is 1. The van der Waals surface area contributed by atoms with Crippen LogP contribution in [-0.4, -0.2) is 55.4 Å². The fourth-order valence-corrected chi connectivity index (χ4v) is 2.80. The highest BCUT2D eigenvalue weighted by atomic mass is 16.5. The van der Waals surface area contributed by atoms with Crippen LogP contribution in [0.5, 0.6) is 0 Å². The first-order valence-electron chi connectivity index (χ1n) is 7.68. The molecule has 0 unspecified atom stereocenters. The van der Waals surface area contributed by atoms with Crippen LogP contribution in [0.1, 0.15) is 32.6 Å². The van der Waals surface area contributed by atoms with Crippen molar-refractivity contribution in [3.05, 3.63) is 12.7 Å². The van der Waals surface area contributed by atoms with E-state index in [1.165, 1.54) is 12.8 Å². The number of rotatable bonds is 7. The van der Waals surface area contributed by atoms with Crippen molar-refractivity contribution < 1.29 is 9.53 Å². The summed E-state index contributed by atoms with van der Waals surface area (Å²) in [5, 5.41) is 6.05. The minimum atomic E-state index is -0.0572. The highest BCUT2D eigenvalue weighted by Gasteiger charge is 2.48. The van der Waals surface area contributed by atoms with E-state index in [0.717, 1.165) is 45.7 Å². The highest BCUT2D eigenvalue weighted by molar-refractivity contribution is 5.74. The summed E-state index contributed by atoms with van der Waals surface area (Å²) in [5.74, 6) is 0. The van der Waals surface area contributed by atoms with Crippen molar-refractivity contribution in [3.8, 4) is 0 Å². The standard InChI is InChI=1S/C15H27N3O2/c1-3-5-13(4-2)17-14(19)16-12-15(6-7-15)18-8-10-20-11-9-18/h3,13H,1,4-12H2,2H3,(H2,16,17,19)/t13-/m0/s1. The molecule has 1 saturated carbocycles. The second-order valence-corrected chi connectivity index (χ2v) is 5.78. The fraction of sp³-hybridized carbons (Fsp3) is 0.800. The van der Waals surface area contributed by atoms with Crippen LogP contribution in [0.2, 0.25) is 0 Å². The summed E-state index contributed by atoms with van der Waals surface area (Å²) in [6.07, 6.45) is 5.95. The predicted octanol–water partition coefficient (Wildman–Crippen LogP) is 1.51. The van der Waals surface area contributed by atoms with E-state index in [1.807, 2.05) is 6.08 Å².